The van der Waals surface area contributed by atoms with E-state index in [0.29, 0.717) is 13.1 Å². The number of urea groups is 1. The number of para-hydroxylation sites is 1. The van der Waals surface area contributed by atoms with Gasteiger partial charge in [-0.1, -0.05) is 18.2 Å². The molecule has 1 aliphatic heterocycles. The van der Waals surface area contributed by atoms with Crippen LogP contribution in [0.5, 0.6) is 0 Å². The van der Waals surface area contributed by atoms with Crippen LogP contribution in [0.25, 0.3) is 0 Å². The fourth-order valence-corrected chi connectivity index (χ4v) is 2.49. The van der Waals surface area contributed by atoms with Crippen molar-refractivity contribution in [3.05, 3.63) is 30.3 Å². The molecule has 1 aliphatic carbocycles. The second-order valence-corrected chi connectivity index (χ2v) is 5.81. The van der Waals surface area contributed by atoms with Gasteiger partial charge >= 0.3 is 6.03 Å². The molecule has 7 heteroatoms. The number of amides is 4. The van der Waals surface area contributed by atoms with E-state index in [1.165, 1.54) is 4.90 Å². The molecule has 1 saturated carbocycles. The van der Waals surface area contributed by atoms with E-state index in [1.54, 1.807) is 4.90 Å². The molecule has 1 saturated heterocycles. The zero-order valence-corrected chi connectivity index (χ0v) is 12.8. The zero-order chi connectivity index (χ0) is 16.2. The molecule has 23 heavy (non-hydrogen) atoms. The molecule has 2 aliphatic rings. The maximum absolute atomic E-state index is 12.3. The smallest absolute Gasteiger partial charge is 0.325 e. The Morgan fingerprint density at radius 1 is 1.09 bits per heavy atom. The van der Waals surface area contributed by atoms with E-state index < -0.39 is 0 Å². The summed E-state index contributed by atoms with van der Waals surface area (Å²) in [6.45, 7) is 0.979. The van der Waals surface area contributed by atoms with E-state index in [2.05, 4.69) is 10.6 Å². The Hall–Kier alpha value is -2.57. The number of carbonyl (C=O) groups is 3. The summed E-state index contributed by atoms with van der Waals surface area (Å²) in [5.74, 6) is -0.501. The summed E-state index contributed by atoms with van der Waals surface area (Å²) in [6, 6.07) is 9.45. The Morgan fingerprint density at radius 3 is 2.52 bits per heavy atom. The lowest BCUT2D eigenvalue weighted by Gasteiger charge is -2.18. The number of nitrogens with one attached hydrogen (secondary N) is 2. The minimum Gasteiger partial charge on any atom is -0.352 e. The van der Waals surface area contributed by atoms with E-state index in [0.717, 1.165) is 18.5 Å². The van der Waals surface area contributed by atoms with E-state index in [9.17, 15) is 14.4 Å². The van der Waals surface area contributed by atoms with E-state index in [-0.39, 0.29) is 37.0 Å². The van der Waals surface area contributed by atoms with Crippen molar-refractivity contribution < 1.29 is 14.4 Å². The van der Waals surface area contributed by atoms with Crippen molar-refractivity contribution >= 4 is 23.5 Å². The van der Waals surface area contributed by atoms with Crippen LogP contribution in [0.4, 0.5) is 10.5 Å². The molecule has 1 heterocycles. The highest BCUT2D eigenvalue weighted by atomic mass is 16.2. The van der Waals surface area contributed by atoms with Crippen LogP contribution in [0, 0.1) is 0 Å². The molecule has 0 aromatic heterocycles. The van der Waals surface area contributed by atoms with Crippen LogP contribution >= 0.6 is 0 Å². The van der Waals surface area contributed by atoms with Gasteiger partial charge < -0.3 is 15.5 Å². The second-order valence-electron chi connectivity index (χ2n) is 5.81. The van der Waals surface area contributed by atoms with Gasteiger partial charge in [0, 0.05) is 24.8 Å². The fraction of sp³-hybridized carbons (Fsp3) is 0.438. The van der Waals surface area contributed by atoms with Gasteiger partial charge in [-0.05, 0) is 25.0 Å². The van der Waals surface area contributed by atoms with Gasteiger partial charge in [0.05, 0.1) is 6.54 Å². The molecule has 0 atom stereocenters. The standard InChI is InChI=1S/C16H20N4O3/c21-14(18-12-6-7-12)10-17-15(22)11-19-8-9-20(16(19)23)13-4-2-1-3-5-13/h1-5,12H,6-11H2,(H,17,22)(H,18,21). The van der Waals surface area contributed by atoms with Crippen molar-refractivity contribution in [1.82, 2.24) is 15.5 Å². The first kappa shape index (κ1) is 15.3. The summed E-state index contributed by atoms with van der Waals surface area (Å²) in [7, 11) is 0. The third kappa shape index (κ3) is 4.00. The average Bonchev–Trinajstić information content (AvgIpc) is 3.29. The number of hydrogen-bond acceptors (Lipinski definition) is 3. The first-order valence-corrected chi connectivity index (χ1v) is 7.81. The Bertz CT molecular complexity index is 601. The van der Waals surface area contributed by atoms with Gasteiger partial charge in [-0.2, -0.15) is 0 Å². The van der Waals surface area contributed by atoms with Gasteiger partial charge in [0.25, 0.3) is 0 Å². The Balaban J connectivity index is 1.45. The van der Waals surface area contributed by atoms with Gasteiger partial charge in [-0.15, -0.1) is 0 Å². The highest BCUT2D eigenvalue weighted by Gasteiger charge is 2.30. The summed E-state index contributed by atoms with van der Waals surface area (Å²) in [6.07, 6.45) is 2.02. The summed E-state index contributed by atoms with van der Waals surface area (Å²) in [5.41, 5.74) is 0.823. The normalized spacial score (nSPS) is 17.3. The minimum atomic E-state index is -0.320. The highest BCUT2D eigenvalue weighted by Crippen LogP contribution is 2.19. The van der Waals surface area contributed by atoms with Crippen LogP contribution < -0.4 is 15.5 Å². The van der Waals surface area contributed by atoms with Gasteiger partial charge in [-0.25, -0.2) is 4.79 Å². The zero-order valence-electron chi connectivity index (χ0n) is 12.8. The Labute approximate surface area is 134 Å². The molecule has 1 aromatic carbocycles. The van der Waals surface area contributed by atoms with Gasteiger partial charge in [-0.3, -0.25) is 14.5 Å². The summed E-state index contributed by atoms with van der Waals surface area (Å²) in [5, 5.41) is 5.35. The van der Waals surface area contributed by atoms with Crippen molar-refractivity contribution in [3.63, 3.8) is 0 Å². The largest absolute Gasteiger partial charge is 0.352 e. The number of carbonyl (C=O) groups excluding carboxylic acids is 3. The number of rotatable bonds is 6. The molecular weight excluding hydrogens is 296 g/mol. The quantitative estimate of drug-likeness (QED) is 0.793. The number of hydrogen-bond donors (Lipinski definition) is 2. The number of nitrogens with zero attached hydrogens (tertiary/aromatic N) is 2. The third-order valence-electron chi connectivity index (χ3n) is 3.89. The van der Waals surface area contributed by atoms with Crippen LogP contribution in [-0.2, 0) is 9.59 Å². The Kier molecular flexibility index (Phi) is 4.45. The lowest BCUT2D eigenvalue weighted by atomic mass is 10.3. The van der Waals surface area contributed by atoms with Gasteiger partial charge in [0.2, 0.25) is 11.8 Å². The van der Waals surface area contributed by atoms with Crippen LogP contribution in [-0.4, -0.2) is 55.0 Å². The molecule has 4 amide bonds. The molecule has 1 aromatic rings. The maximum Gasteiger partial charge on any atom is 0.325 e. The van der Waals surface area contributed by atoms with Crippen molar-refractivity contribution in [2.45, 2.75) is 18.9 Å². The summed E-state index contributed by atoms with van der Waals surface area (Å²) in [4.78, 5) is 38.9. The maximum atomic E-state index is 12.3. The van der Waals surface area contributed by atoms with Crippen LogP contribution in [0.2, 0.25) is 0 Å². The average molecular weight is 316 g/mol. The molecule has 0 unspecified atom stereocenters. The number of benzene rings is 1. The molecule has 7 nitrogen and oxygen atoms in total. The topological polar surface area (TPSA) is 81.8 Å². The van der Waals surface area contributed by atoms with Crippen molar-refractivity contribution in [2.24, 2.45) is 0 Å². The minimum absolute atomic E-state index is 0.0289. The second kappa shape index (κ2) is 6.68. The number of anilines is 1. The molecular formula is C16H20N4O3. The van der Waals surface area contributed by atoms with Gasteiger partial charge in [0.1, 0.15) is 6.54 Å². The van der Waals surface area contributed by atoms with Crippen LogP contribution in [0.15, 0.2) is 30.3 Å². The van der Waals surface area contributed by atoms with Crippen molar-refractivity contribution in [1.29, 1.82) is 0 Å². The predicted octanol–water partition coefficient (Wildman–Crippen LogP) is 0.323. The highest BCUT2D eigenvalue weighted by molar-refractivity contribution is 5.96. The predicted molar refractivity (Wildman–Crippen MR) is 84.9 cm³/mol. The molecule has 2 fully saturated rings. The van der Waals surface area contributed by atoms with Crippen molar-refractivity contribution in [3.8, 4) is 0 Å². The molecule has 3 rings (SSSR count). The Morgan fingerprint density at radius 2 is 1.83 bits per heavy atom. The van der Waals surface area contributed by atoms with Gasteiger partial charge in [0.15, 0.2) is 0 Å². The SMILES string of the molecule is O=C(CN1CCN(c2ccccc2)C1=O)NCC(=O)NC1CC1. The monoisotopic (exact) mass is 316 g/mol. The molecule has 0 spiro atoms. The third-order valence-corrected chi connectivity index (χ3v) is 3.89. The lowest BCUT2D eigenvalue weighted by Crippen LogP contribution is -2.43. The van der Waals surface area contributed by atoms with E-state index in [4.69, 9.17) is 0 Å². The molecule has 2 N–H and O–H groups in total. The lowest BCUT2D eigenvalue weighted by molar-refractivity contribution is -0.126. The molecule has 122 valence electrons. The fourth-order valence-electron chi connectivity index (χ4n) is 2.49. The summed E-state index contributed by atoms with van der Waals surface area (Å²) < 4.78 is 0. The van der Waals surface area contributed by atoms with E-state index >= 15 is 0 Å². The first-order chi connectivity index (χ1) is 11.1. The summed E-state index contributed by atoms with van der Waals surface area (Å²) >= 11 is 0. The molecule has 0 radical (unpaired) electrons. The molecule has 0 bridgehead atoms. The van der Waals surface area contributed by atoms with Crippen LogP contribution in [0.1, 0.15) is 12.8 Å². The van der Waals surface area contributed by atoms with Crippen LogP contribution in [0.3, 0.4) is 0 Å². The van der Waals surface area contributed by atoms with Crippen molar-refractivity contribution in [2.75, 3.05) is 31.1 Å². The van der Waals surface area contributed by atoms with E-state index in [1.807, 2.05) is 30.3 Å². The first-order valence-electron chi connectivity index (χ1n) is 7.81.